The summed E-state index contributed by atoms with van der Waals surface area (Å²) in [6.07, 6.45) is 4.37. The van der Waals surface area contributed by atoms with E-state index in [0.717, 1.165) is 25.7 Å². The van der Waals surface area contributed by atoms with Crippen molar-refractivity contribution in [2.24, 2.45) is 0 Å². The van der Waals surface area contributed by atoms with E-state index in [-0.39, 0.29) is 10.1 Å². The topological polar surface area (TPSA) is 38.3 Å². The Hall–Kier alpha value is 0.890. The van der Waals surface area contributed by atoms with Crippen LogP contribution >= 0.6 is 45.5 Å². The lowest BCUT2D eigenvalue weighted by molar-refractivity contribution is 0.0944. The van der Waals surface area contributed by atoms with E-state index in [1.807, 2.05) is 0 Å². The average Bonchev–Trinajstić information content (AvgIpc) is 2.05. The molecule has 0 spiro atoms. The fourth-order valence-corrected chi connectivity index (χ4v) is 2.40. The predicted molar refractivity (Wildman–Crippen MR) is 63.7 cm³/mol. The monoisotopic (exact) mass is 395 g/mol. The van der Waals surface area contributed by atoms with Crippen molar-refractivity contribution in [3.8, 4) is 0 Å². The third-order valence-corrected chi connectivity index (χ3v) is 3.22. The first-order valence-electron chi connectivity index (χ1n) is 3.94. The number of halogens is 2. The molecule has 0 aromatic heterocycles. The molecule has 5 heteroatoms. The van der Waals surface area contributed by atoms with Crippen LogP contribution in [-0.2, 0) is 4.74 Å². The lowest BCUT2D eigenvalue weighted by Crippen LogP contribution is -2.30. The summed E-state index contributed by atoms with van der Waals surface area (Å²) in [4.78, 5) is 10.6. The summed E-state index contributed by atoms with van der Waals surface area (Å²) in [5, 5.41) is 0. The van der Waals surface area contributed by atoms with E-state index in [0.29, 0.717) is 6.04 Å². The number of hydrogen-bond donors (Lipinski definition) is 1. The molecule has 70 valence electrons. The molecule has 1 aliphatic rings. The second-order valence-corrected chi connectivity index (χ2v) is 4.44. The Balaban J connectivity index is 2.21. The van der Waals surface area contributed by atoms with Crippen molar-refractivity contribution >= 4 is 49.4 Å². The summed E-state index contributed by atoms with van der Waals surface area (Å²) in [6.45, 7) is 0. The van der Waals surface area contributed by atoms with Crippen molar-refractivity contribution in [1.29, 1.82) is 0 Å². The molecule has 0 unspecified atom stereocenters. The first-order valence-corrected chi connectivity index (χ1v) is 6.10. The van der Waals surface area contributed by atoms with Crippen LogP contribution in [0.15, 0.2) is 0 Å². The van der Waals surface area contributed by atoms with Crippen molar-refractivity contribution in [3.63, 3.8) is 0 Å². The molecule has 12 heavy (non-hydrogen) atoms. The fourth-order valence-electron chi connectivity index (χ4n) is 1.42. The van der Waals surface area contributed by atoms with Crippen LogP contribution < -0.4 is 3.53 Å². The predicted octanol–water partition coefficient (Wildman–Crippen LogP) is 2.81. The van der Waals surface area contributed by atoms with Crippen LogP contribution in [0.3, 0.4) is 0 Å². The Morgan fingerprint density at radius 2 is 1.92 bits per heavy atom. The van der Waals surface area contributed by atoms with Crippen LogP contribution in [0.25, 0.3) is 0 Å². The molecule has 1 aliphatic carbocycles. The minimum atomic E-state index is -0.182. The van der Waals surface area contributed by atoms with Crippen molar-refractivity contribution in [2.75, 3.05) is 0 Å². The highest BCUT2D eigenvalue weighted by atomic mass is 127. The van der Waals surface area contributed by atoms with Gasteiger partial charge in [0.15, 0.2) is 0 Å². The van der Waals surface area contributed by atoms with Crippen molar-refractivity contribution in [1.82, 2.24) is 3.53 Å². The van der Waals surface area contributed by atoms with Crippen LogP contribution in [0.1, 0.15) is 25.7 Å². The van der Waals surface area contributed by atoms with Crippen molar-refractivity contribution in [3.05, 3.63) is 0 Å². The van der Waals surface area contributed by atoms with Crippen LogP contribution in [0.5, 0.6) is 0 Å². The molecule has 0 aliphatic heterocycles. The fraction of sp³-hybridized carbons (Fsp3) is 0.857. The van der Waals surface area contributed by atoms with Gasteiger partial charge in [0.05, 0.1) is 22.6 Å². The number of hydrogen-bond acceptors (Lipinski definition) is 3. The third-order valence-electron chi connectivity index (χ3n) is 2.09. The Labute approximate surface area is 99.6 Å². The molecule has 1 fully saturated rings. The zero-order valence-corrected chi connectivity index (χ0v) is 10.9. The van der Waals surface area contributed by atoms with E-state index in [4.69, 9.17) is 4.74 Å². The summed E-state index contributed by atoms with van der Waals surface area (Å²) in [7, 11) is 0. The summed E-state index contributed by atoms with van der Waals surface area (Å²) < 4.78 is 8.12. The standard InChI is InChI=1S/C7H11I2NO2/c8-7(11)12-6-3-1-5(10-9)2-4-6/h5-6,10H,1-4H2. The van der Waals surface area contributed by atoms with Gasteiger partial charge in [0.2, 0.25) is 0 Å². The lowest BCUT2D eigenvalue weighted by Gasteiger charge is -2.26. The minimum Gasteiger partial charge on any atom is -0.455 e. The van der Waals surface area contributed by atoms with E-state index in [2.05, 4.69) is 26.4 Å². The number of nitrogens with one attached hydrogen (secondary N) is 1. The quantitative estimate of drug-likeness (QED) is 0.444. The van der Waals surface area contributed by atoms with Crippen LogP contribution in [0, 0.1) is 0 Å². The Morgan fingerprint density at radius 3 is 2.33 bits per heavy atom. The normalized spacial score (nSPS) is 29.8. The number of carbonyl (C=O) groups is 1. The first-order chi connectivity index (χ1) is 5.72. The Bertz CT molecular complexity index is 157. The SMILES string of the molecule is O=C(I)OC1CCC(NI)CC1. The second kappa shape index (κ2) is 5.58. The summed E-state index contributed by atoms with van der Waals surface area (Å²) in [5.41, 5.74) is 0. The Kier molecular flexibility index (Phi) is 5.10. The highest BCUT2D eigenvalue weighted by molar-refractivity contribution is 14.1. The maximum Gasteiger partial charge on any atom is 0.367 e. The second-order valence-electron chi connectivity index (χ2n) is 2.94. The maximum atomic E-state index is 10.6. The molecule has 0 bridgehead atoms. The van der Waals surface area contributed by atoms with Gasteiger partial charge in [-0.15, -0.1) is 0 Å². The van der Waals surface area contributed by atoms with Gasteiger partial charge in [-0.2, -0.15) is 0 Å². The van der Waals surface area contributed by atoms with E-state index in [1.165, 1.54) is 0 Å². The highest BCUT2D eigenvalue weighted by Crippen LogP contribution is 2.22. The van der Waals surface area contributed by atoms with Gasteiger partial charge in [0, 0.05) is 28.9 Å². The minimum absolute atomic E-state index is 0.162. The van der Waals surface area contributed by atoms with Gasteiger partial charge >= 0.3 is 3.98 Å². The number of ether oxygens (including phenoxy) is 1. The smallest absolute Gasteiger partial charge is 0.367 e. The van der Waals surface area contributed by atoms with Gasteiger partial charge in [0.25, 0.3) is 0 Å². The van der Waals surface area contributed by atoms with Gasteiger partial charge < -0.3 is 4.74 Å². The molecule has 0 amide bonds. The van der Waals surface area contributed by atoms with E-state index in [9.17, 15) is 4.79 Å². The maximum absolute atomic E-state index is 10.6. The molecule has 0 radical (unpaired) electrons. The highest BCUT2D eigenvalue weighted by Gasteiger charge is 2.22. The lowest BCUT2D eigenvalue weighted by atomic mass is 9.94. The third kappa shape index (κ3) is 3.73. The average molecular weight is 395 g/mol. The largest absolute Gasteiger partial charge is 0.455 e. The molecule has 0 atom stereocenters. The van der Waals surface area contributed by atoms with E-state index < -0.39 is 0 Å². The van der Waals surface area contributed by atoms with Crippen molar-refractivity contribution in [2.45, 2.75) is 37.8 Å². The summed E-state index contributed by atoms with van der Waals surface area (Å²) in [6, 6.07) is 0.606. The van der Waals surface area contributed by atoms with E-state index in [1.54, 1.807) is 22.6 Å². The van der Waals surface area contributed by atoms with Gasteiger partial charge in [-0.3, -0.25) is 3.53 Å². The zero-order valence-electron chi connectivity index (χ0n) is 6.56. The van der Waals surface area contributed by atoms with Gasteiger partial charge in [-0.05, 0) is 25.7 Å². The molecule has 1 saturated carbocycles. The molecular weight excluding hydrogens is 384 g/mol. The van der Waals surface area contributed by atoms with Gasteiger partial charge in [0.1, 0.15) is 6.10 Å². The molecule has 3 nitrogen and oxygen atoms in total. The molecular formula is C7H11I2NO2. The van der Waals surface area contributed by atoms with Crippen LogP contribution in [0.4, 0.5) is 4.79 Å². The van der Waals surface area contributed by atoms with Crippen LogP contribution in [-0.4, -0.2) is 16.1 Å². The Morgan fingerprint density at radius 1 is 1.33 bits per heavy atom. The van der Waals surface area contributed by atoms with Gasteiger partial charge in [-0.1, -0.05) is 0 Å². The number of carbonyl (C=O) groups excluding carboxylic acids is 1. The molecule has 0 aromatic rings. The molecule has 1 rings (SSSR count). The summed E-state index contributed by atoms with van der Waals surface area (Å²) >= 11 is 3.86. The first kappa shape index (κ1) is 11.0. The molecule has 0 aromatic carbocycles. The van der Waals surface area contributed by atoms with Crippen molar-refractivity contribution < 1.29 is 9.53 Å². The zero-order chi connectivity index (χ0) is 8.97. The molecule has 0 heterocycles. The molecule has 0 saturated heterocycles. The van der Waals surface area contributed by atoms with E-state index >= 15 is 0 Å². The van der Waals surface area contributed by atoms with Crippen LogP contribution in [0.2, 0.25) is 0 Å². The molecule has 1 N–H and O–H groups in total. The number of rotatable bonds is 2. The summed E-state index contributed by atoms with van der Waals surface area (Å²) in [5.74, 6) is 0. The van der Waals surface area contributed by atoms with Gasteiger partial charge in [-0.25, -0.2) is 4.79 Å².